The van der Waals surface area contributed by atoms with Crippen molar-refractivity contribution in [2.45, 2.75) is 25.4 Å². The molecule has 1 N–H and O–H groups in total. The maximum Gasteiger partial charge on any atom is 0.0208 e. The van der Waals surface area contributed by atoms with Crippen molar-refractivity contribution in [1.29, 1.82) is 0 Å². The van der Waals surface area contributed by atoms with Crippen LogP contribution >= 0.6 is 17.0 Å². The van der Waals surface area contributed by atoms with Crippen LogP contribution in [0.2, 0.25) is 0 Å². The third kappa shape index (κ3) is 5.89. The van der Waals surface area contributed by atoms with Gasteiger partial charge in [0.25, 0.3) is 0 Å². The SMILES string of the molecule is Br.C=CCC(CC=C)NCc1ccccc1. The quantitative estimate of drug-likeness (QED) is 0.748. The van der Waals surface area contributed by atoms with E-state index >= 15 is 0 Å². The van der Waals surface area contributed by atoms with E-state index < -0.39 is 0 Å². The lowest BCUT2D eigenvalue weighted by Gasteiger charge is -2.15. The van der Waals surface area contributed by atoms with Gasteiger partial charge in [0.05, 0.1) is 0 Å². The Hall–Kier alpha value is -0.860. The standard InChI is InChI=1S/C14H19N.BrH/c1-3-8-14(9-4-2)15-12-13-10-6-5-7-11-13;/h3-7,10-11,14-15H,1-2,8-9,12H2;1H. The van der Waals surface area contributed by atoms with Crippen molar-refractivity contribution in [3.05, 3.63) is 61.2 Å². The van der Waals surface area contributed by atoms with Crippen LogP contribution in [0.3, 0.4) is 0 Å². The maximum absolute atomic E-state index is 3.76. The molecule has 0 fully saturated rings. The molecule has 88 valence electrons. The lowest BCUT2D eigenvalue weighted by molar-refractivity contribution is 0.520. The summed E-state index contributed by atoms with van der Waals surface area (Å²) >= 11 is 0. The topological polar surface area (TPSA) is 12.0 Å². The highest BCUT2D eigenvalue weighted by Crippen LogP contribution is 2.03. The predicted octanol–water partition coefficient (Wildman–Crippen LogP) is 3.87. The number of rotatable bonds is 7. The molecule has 0 aliphatic heterocycles. The van der Waals surface area contributed by atoms with Gasteiger partial charge >= 0.3 is 0 Å². The summed E-state index contributed by atoms with van der Waals surface area (Å²) in [6.07, 6.45) is 5.87. The van der Waals surface area contributed by atoms with Gasteiger partial charge in [0.1, 0.15) is 0 Å². The van der Waals surface area contributed by atoms with Gasteiger partial charge in [-0.15, -0.1) is 30.1 Å². The largest absolute Gasteiger partial charge is 0.309 e. The highest BCUT2D eigenvalue weighted by molar-refractivity contribution is 8.93. The van der Waals surface area contributed by atoms with Gasteiger partial charge in [-0.3, -0.25) is 0 Å². The molecule has 1 aromatic rings. The van der Waals surface area contributed by atoms with Crippen LogP contribution < -0.4 is 5.32 Å². The first-order valence-electron chi connectivity index (χ1n) is 5.36. The van der Waals surface area contributed by atoms with Crippen molar-refractivity contribution in [2.24, 2.45) is 0 Å². The summed E-state index contributed by atoms with van der Waals surface area (Å²) in [6.45, 7) is 8.44. The normalized spacial score (nSPS) is 9.56. The van der Waals surface area contributed by atoms with Crippen molar-refractivity contribution < 1.29 is 0 Å². The molecule has 1 rings (SSSR count). The summed E-state index contributed by atoms with van der Waals surface area (Å²) in [7, 11) is 0. The van der Waals surface area contributed by atoms with Gasteiger partial charge in [-0.1, -0.05) is 42.5 Å². The summed E-state index contributed by atoms with van der Waals surface area (Å²) in [5.74, 6) is 0. The Kier molecular flexibility index (Phi) is 8.87. The van der Waals surface area contributed by atoms with Gasteiger partial charge in [0, 0.05) is 12.6 Å². The fraction of sp³-hybridized carbons (Fsp3) is 0.286. The molecule has 1 nitrogen and oxygen atoms in total. The molecule has 0 heterocycles. The van der Waals surface area contributed by atoms with E-state index in [1.54, 1.807) is 0 Å². The highest BCUT2D eigenvalue weighted by Gasteiger charge is 2.03. The van der Waals surface area contributed by atoms with Gasteiger partial charge in [0.2, 0.25) is 0 Å². The van der Waals surface area contributed by atoms with E-state index in [0.29, 0.717) is 6.04 Å². The second-order valence-electron chi connectivity index (χ2n) is 3.61. The average Bonchev–Trinajstić information content (AvgIpc) is 2.28. The van der Waals surface area contributed by atoms with E-state index in [4.69, 9.17) is 0 Å². The Bertz CT molecular complexity index is 285. The Balaban J connectivity index is 0.00000225. The molecule has 16 heavy (non-hydrogen) atoms. The van der Waals surface area contributed by atoms with Crippen LogP contribution in [0, 0.1) is 0 Å². The highest BCUT2D eigenvalue weighted by atomic mass is 79.9. The smallest absolute Gasteiger partial charge is 0.0208 e. The fourth-order valence-corrected chi connectivity index (χ4v) is 1.52. The Morgan fingerprint density at radius 3 is 2.12 bits per heavy atom. The third-order valence-electron chi connectivity index (χ3n) is 2.34. The molecule has 0 aliphatic rings. The third-order valence-corrected chi connectivity index (χ3v) is 2.34. The summed E-state index contributed by atoms with van der Waals surface area (Å²) < 4.78 is 0. The van der Waals surface area contributed by atoms with Crippen LogP contribution in [-0.2, 0) is 6.54 Å². The first kappa shape index (κ1) is 15.1. The van der Waals surface area contributed by atoms with Crippen molar-refractivity contribution in [2.75, 3.05) is 0 Å². The number of hydrogen-bond donors (Lipinski definition) is 1. The molecule has 0 saturated carbocycles. The molecule has 0 aliphatic carbocycles. The minimum Gasteiger partial charge on any atom is -0.309 e. The van der Waals surface area contributed by atoms with Gasteiger partial charge in [-0.25, -0.2) is 0 Å². The maximum atomic E-state index is 3.76. The second kappa shape index (κ2) is 9.37. The lowest BCUT2D eigenvalue weighted by atomic mass is 10.1. The molecule has 0 saturated heterocycles. The van der Waals surface area contributed by atoms with Crippen LogP contribution in [0.1, 0.15) is 18.4 Å². The van der Waals surface area contributed by atoms with E-state index in [1.807, 2.05) is 18.2 Å². The van der Waals surface area contributed by atoms with Gasteiger partial charge in [0.15, 0.2) is 0 Å². The Morgan fingerprint density at radius 1 is 1.06 bits per heavy atom. The molecule has 0 amide bonds. The number of hydrogen-bond acceptors (Lipinski definition) is 1. The molecule has 0 spiro atoms. The number of benzene rings is 1. The van der Waals surface area contributed by atoms with Crippen molar-refractivity contribution in [1.82, 2.24) is 5.32 Å². The van der Waals surface area contributed by atoms with Crippen molar-refractivity contribution in [3.63, 3.8) is 0 Å². The van der Waals surface area contributed by atoms with E-state index in [0.717, 1.165) is 19.4 Å². The van der Waals surface area contributed by atoms with E-state index in [9.17, 15) is 0 Å². The Morgan fingerprint density at radius 2 is 1.62 bits per heavy atom. The van der Waals surface area contributed by atoms with Gasteiger partial charge in [-0.2, -0.15) is 0 Å². The van der Waals surface area contributed by atoms with Crippen LogP contribution in [0.4, 0.5) is 0 Å². The fourth-order valence-electron chi connectivity index (χ4n) is 1.52. The predicted molar refractivity (Wildman–Crippen MR) is 77.0 cm³/mol. The molecule has 0 atom stereocenters. The summed E-state index contributed by atoms with van der Waals surface area (Å²) in [4.78, 5) is 0. The van der Waals surface area contributed by atoms with E-state index in [2.05, 4.69) is 42.7 Å². The average molecular weight is 282 g/mol. The molecule has 0 unspecified atom stereocenters. The molecule has 0 aromatic heterocycles. The van der Waals surface area contributed by atoms with Crippen LogP contribution in [-0.4, -0.2) is 6.04 Å². The summed E-state index contributed by atoms with van der Waals surface area (Å²) in [6, 6.07) is 10.9. The molecule has 0 radical (unpaired) electrons. The molecule has 1 aromatic carbocycles. The first-order valence-corrected chi connectivity index (χ1v) is 5.36. The zero-order chi connectivity index (χ0) is 10.9. The summed E-state index contributed by atoms with van der Waals surface area (Å²) in [5.41, 5.74) is 1.32. The minimum absolute atomic E-state index is 0. The van der Waals surface area contributed by atoms with Crippen LogP contribution in [0.5, 0.6) is 0 Å². The second-order valence-corrected chi connectivity index (χ2v) is 3.61. The van der Waals surface area contributed by atoms with Crippen molar-refractivity contribution >= 4 is 17.0 Å². The first-order chi connectivity index (χ1) is 7.36. The van der Waals surface area contributed by atoms with Crippen LogP contribution in [0.15, 0.2) is 55.6 Å². The molecular weight excluding hydrogens is 262 g/mol. The van der Waals surface area contributed by atoms with Gasteiger partial charge < -0.3 is 5.32 Å². The van der Waals surface area contributed by atoms with Gasteiger partial charge in [-0.05, 0) is 18.4 Å². The van der Waals surface area contributed by atoms with E-state index in [-0.39, 0.29) is 17.0 Å². The number of nitrogens with one attached hydrogen (secondary N) is 1. The van der Waals surface area contributed by atoms with E-state index in [1.165, 1.54) is 5.56 Å². The monoisotopic (exact) mass is 281 g/mol. The summed E-state index contributed by atoms with van der Waals surface area (Å²) in [5, 5.41) is 3.50. The lowest BCUT2D eigenvalue weighted by Crippen LogP contribution is -2.27. The molecular formula is C14H20BrN. The molecule has 2 heteroatoms. The zero-order valence-corrected chi connectivity index (χ0v) is 11.3. The molecule has 0 bridgehead atoms. The minimum atomic E-state index is 0. The number of halogens is 1. The zero-order valence-electron chi connectivity index (χ0n) is 9.56. The van der Waals surface area contributed by atoms with Crippen molar-refractivity contribution in [3.8, 4) is 0 Å². The Labute approximate surface area is 109 Å². The van der Waals surface area contributed by atoms with Crippen LogP contribution in [0.25, 0.3) is 0 Å².